The number of methoxy groups -OCH3 is 1. The van der Waals surface area contributed by atoms with E-state index in [0.717, 1.165) is 25.1 Å². The lowest BCUT2D eigenvalue weighted by Crippen LogP contribution is -2.27. The Balaban J connectivity index is 2.07. The van der Waals surface area contributed by atoms with Crippen molar-refractivity contribution in [1.82, 2.24) is 15.3 Å². The van der Waals surface area contributed by atoms with Crippen molar-refractivity contribution in [3.05, 3.63) is 18.1 Å². The maximum Gasteiger partial charge on any atom is 0.236 e. The standard InChI is InChI=1S/C13H21N3O2/c1-14-11(9-10-5-3-4-8-18-10)12-13(17-2)16-7-6-15-12/h6-7,10-11,14H,3-5,8-9H2,1-2H3. The summed E-state index contributed by atoms with van der Waals surface area (Å²) in [6, 6.07) is 0.122. The first-order valence-electron chi connectivity index (χ1n) is 6.49. The van der Waals surface area contributed by atoms with E-state index in [0.29, 0.717) is 12.0 Å². The van der Waals surface area contributed by atoms with Crippen molar-refractivity contribution in [2.75, 3.05) is 20.8 Å². The van der Waals surface area contributed by atoms with Crippen molar-refractivity contribution in [3.63, 3.8) is 0 Å². The smallest absolute Gasteiger partial charge is 0.236 e. The first-order valence-corrected chi connectivity index (χ1v) is 6.49. The van der Waals surface area contributed by atoms with Crippen LogP contribution in [0.15, 0.2) is 12.4 Å². The second-order valence-corrected chi connectivity index (χ2v) is 4.52. The molecule has 1 aliphatic heterocycles. The molecule has 1 N–H and O–H groups in total. The van der Waals surface area contributed by atoms with Crippen molar-refractivity contribution in [1.29, 1.82) is 0 Å². The maximum absolute atomic E-state index is 5.78. The van der Waals surface area contributed by atoms with E-state index in [-0.39, 0.29) is 6.04 Å². The zero-order valence-electron chi connectivity index (χ0n) is 11.1. The van der Waals surface area contributed by atoms with Gasteiger partial charge in [-0.1, -0.05) is 0 Å². The van der Waals surface area contributed by atoms with Crippen LogP contribution in [-0.4, -0.2) is 36.8 Å². The van der Waals surface area contributed by atoms with Gasteiger partial charge in [0.25, 0.3) is 0 Å². The SMILES string of the molecule is CNC(CC1CCCCO1)c1nccnc1OC. The summed E-state index contributed by atoms with van der Waals surface area (Å²) in [5.74, 6) is 0.590. The van der Waals surface area contributed by atoms with Gasteiger partial charge in [0, 0.05) is 19.0 Å². The summed E-state index contributed by atoms with van der Waals surface area (Å²) < 4.78 is 11.0. The number of hydrogen-bond donors (Lipinski definition) is 1. The maximum atomic E-state index is 5.78. The molecule has 2 heterocycles. The van der Waals surface area contributed by atoms with E-state index in [2.05, 4.69) is 15.3 Å². The Morgan fingerprint density at radius 2 is 2.28 bits per heavy atom. The molecule has 2 unspecified atom stereocenters. The van der Waals surface area contributed by atoms with E-state index in [4.69, 9.17) is 9.47 Å². The fourth-order valence-electron chi connectivity index (χ4n) is 2.35. The molecule has 2 rings (SSSR count). The molecule has 1 aromatic heterocycles. The highest BCUT2D eigenvalue weighted by molar-refractivity contribution is 5.21. The zero-order valence-corrected chi connectivity index (χ0v) is 11.1. The molecule has 1 fully saturated rings. The quantitative estimate of drug-likeness (QED) is 0.863. The lowest BCUT2D eigenvalue weighted by atomic mass is 10.00. The summed E-state index contributed by atoms with van der Waals surface area (Å²) >= 11 is 0. The lowest BCUT2D eigenvalue weighted by Gasteiger charge is -2.26. The van der Waals surface area contributed by atoms with Crippen LogP contribution in [-0.2, 0) is 4.74 Å². The molecule has 0 aromatic carbocycles. The van der Waals surface area contributed by atoms with Crippen molar-refractivity contribution >= 4 is 0 Å². The molecule has 1 saturated heterocycles. The fraction of sp³-hybridized carbons (Fsp3) is 0.692. The highest BCUT2D eigenvalue weighted by atomic mass is 16.5. The van der Waals surface area contributed by atoms with Crippen molar-refractivity contribution in [3.8, 4) is 5.88 Å². The normalized spacial score (nSPS) is 21.6. The van der Waals surface area contributed by atoms with Gasteiger partial charge in [-0.25, -0.2) is 4.98 Å². The van der Waals surface area contributed by atoms with E-state index in [1.54, 1.807) is 19.5 Å². The van der Waals surface area contributed by atoms with Crippen molar-refractivity contribution in [2.24, 2.45) is 0 Å². The fourth-order valence-corrected chi connectivity index (χ4v) is 2.35. The van der Waals surface area contributed by atoms with Crippen LogP contribution in [0.1, 0.15) is 37.4 Å². The summed E-state index contributed by atoms with van der Waals surface area (Å²) in [5.41, 5.74) is 0.858. The second kappa shape index (κ2) is 6.66. The van der Waals surface area contributed by atoms with Gasteiger partial charge in [-0.05, 0) is 32.7 Å². The van der Waals surface area contributed by atoms with Gasteiger partial charge in [-0.2, -0.15) is 0 Å². The van der Waals surface area contributed by atoms with E-state index in [9.17, 15) is 0 Å². The molecule has 0 aliphatic carbocycles. The molecule has 100 valence electrons. The molecule has 5 nitrogen and oxygen atoms in total. The van der Waals surface area contributed by atoms with Gasteiger partial charge in [-0.3, -0.25) is 4.98 Å². The van der Waals surface area contributed by atoms with Crippen molar-refractivity contribution in [2.45, 2.75) is 37.8 Å². The second-order valence-electron chi connectivity index (χ2n) is 4.52. The van der Waals surface area contributed by atoms with Crippen LogP contribution in [0, 0.1) is 0 Å². The predicted octanol–water partition coefficient (Wildman–Crippen LogP) is 1.70. The minimum absolute atomic E-state index is 0.122. The Morgan fingerprint density at radius 3 is 2.94 bits per heavy atom. The topological polar surface area (TPSA) is 56.3 Å². The van der Waals surface area contributed by atoms with Crippen LogP contribution in [0.4, 0.5) is 0 Å². The Labute approximate surface area is 108 Å². The average molecular weight is 251 g/mol. The third-order valence-corrected chi connectivity index (χ3v) is 3.34. The number of nitrogens with one attached hydrogen (secondary N) is 1. The predicted molar refractivity (Wildman–Crippen MR) is 68.6 cm³/mol. The first-order chi connectivity index (χ1) is 8.85. The molecular weight excluding hydrogens is 230 g/mol. The van der Waals surface area contributed by atoms with E-state index >= 15 is 0 Å². The van der Waals surface area contributed by atoms with Crippen LogP contribution in [0.3, 0.4) is 0 Å². The number of ether oxygens (including phenoxy) is 2. The largest absolute Gasteiger partial charge is 0.480 e. The van der Waals surface area contributed by atoms with Crippen LogP contribution in [0.25, 0.3) is 0 Å². The molecule has 2 atom stereocenters. The summed E-state index contributed by atoms with van der Waals surface area (Å²) in [5, 5.41) is 3.28. The van der Waals surface area contributed by atoms with Gasteiger partial charge in [0.05, 0.1) is 19.3 Å². The Hall–Kier alpha value is -1.20. The molecule has 1 aliphatic rings. The minimum atomic E-state index is 0.122. The van der Waals surface area contributed by atoms with Crippen LogP contribution in [0.5, 0.6) is 5.88 Å². The van der Waals surface area contributed by atoms with Crippen LogP contribution < -0.4 is 10.1 Å². The summed E-state index contributed by atoms with van der Waals surface area (Å²) in [6.45, 7) is 0.874. The summed E-state index contributed by atoms with van der Waals surface area (Å²) in [6.07, 6.45) is 8.11. The molecule has 18 heavy (non-hydrogen) atoms. The van der Waals surface area contributed by atoms with Gasteiger partial charge in [0.2, 0.25) is 5.88 Å². The minimum Gasteiger partial charge on any atom is -0.480 e. The van der Waals surface area contributed by atoms with Gasteiger partial charge in [0.15, 0.2) is 0 Å². The average Bonchev–Trinajstić information content (AvgIpc) is 2.46. The third-order valence-electron chi connectivity index (χ3n) is 3.34. The molecule has 0 saturated carbocycles. The van der Waals surface area contributed by atoms with Gasteiger partial charge >= 0.3 is 0 Å². The Kier molecular flexibility index (Phi) is 4.90. The highest BCUT2D eigenvalue weighted by Crippen LogP contribution is 2.27. The zero-order chi connectivity index (χ0) is 12.8. The monoisotopic (exact) mass is 251 g/mol. The number of hydrogen-bond acceptors (Lipinski definition) is 5. The molecule has 1 aromatic rings. The molecule has 0 amide bonds. The van der Waals surface area contributed by atoms with Gasteiger partial charge < -0.3 is 14.8 Å². The Bertz CT molecular complexity index is 367. The number of aromatic nitrogens is 2. The first kappa shape index (κ1) is 13.2. The molecule has 0 spiro atoms. The molecular formula is C13H21N3O2. The molecule has 5 heteroatoms. The van der Waals surface area contributed by atoms with E-state index in [1.165, 1.54) is 12.8 Å². The third kappa shape index (κ3) is 3.17. The van der Waals surface area contributed by atoms with E-state index in [1.807, 2.05) is 7.05 Å². The van der Waals surface area contributed by atoms with Gasteiger partial charge in [0.1, 0.15) is 5.69 Å². The summed E-state index contributed by atoms with van der Waals surface area (Å²) in [4.78, 5) is 8.57. The number of nitrogens with zero attached hydrogens (tertiary/aromatic N) is 2. The van der Waals surface area contributed by atoms with Crippen LogP contribution >= 0.6 is 0 Å². The summed E-state index contributed by atoms with van der Waals surface area (Å²) in [7, 11) is 3.55. The van der Waals surface area contributed by atoms with Gasteiger partial charge in [-0.15, -0.1) is 0 Å². The number of rotatable bonds is 5. The lowest BCUT2D eigenvalue weighted by molar-refractivity contribution is 0.00507. The molecule has 0 radical (unpaired) electrons. The van der Waals surface area contributed by atoms with Crippen molar-refractivity contribution < 1.29 is 9.47 Å². The molecule has 0 bridgehead atoms. The highest BCUT2D eigenvalue weighted by Gasteiger charge is 2.23. The van der Waals surface area contributed by atoms with E-state index < -0.39 is 0 Å². The van der Waals surface area contributed by atoms with Crippen LogP contribution in [0.2, 0.25) is 0 Å². The Morgan fingerprint density at radius 1 is 1.44 bits per heavy atom.